The van der Waals surface area contributed by atoms with Gasteiger partial charge < -0.3 is 20.9 Å². The van der Waals surface area contributed by atoms with Crippen molar-refractivity contribution in [2.24, 2.45) is 0 Å². The largest absolute Gasteiger partial charge is 0.373 e. The lowest BCUT2D eigenvalue weighted by Crippen LogP contribution is -2.25. The number of H-pyrrole nitrogens is 1. The summed E-state index contributed by atoms with van der Waals surface area (Å²) in [5, 5.41) is 13.2. The lowest BCUT2D eigenvalue weighted by Gasteiger charge is -2.09. The molecule has 3 aromatic rings. The van der Waals surface area contributed by atoms with Gasteiger partial charge in [0.15, 0.2) is 5.65 Å². The van der Waals surface area contributed by atoms with E-state index in [1.54, 1.807) is 36.0 Å². The summed E-state index contributed by atoms with van der Waals surface area (Å²) in [4.78, 5) is 31.3. The Labute approximate surface area is 142 Å². The molecule has 4 rings (SSSR count). The molecule has 25 heavy (non-hydrogen) atoms. The SMILES string of the molecule is CNc1cc(Nc2ccc[nH]c2=O)nc2c(C(=O)NC3CC3)cnn12. The van der Waals surface area contributed by atoms with Gasteiger partial charge in [-0.1, -0.05) is 0 Å². The smallest absolute Gasteiger partial charge is 0.271 e. The van der Waals surface area contributed by atoms with Gasteiger partial charge >= 0.3 is 0 Å². The van der Waals surface area contributed by atoms with Crippen molar-refractivity contribution in [2.75, 3.05) is 17.7 Å². The van der Waals surface area contributed by atoms with Crippen LogP contribution < -0.4 is 21.5 Å². The summed E-state index contributed by atoms with van der Waals surface area (Å²) >= 11 is 0. The predicted molar refractivity (Wildman–Crippen MR) is 93.4 cm³/mol. The van der Waals surface area contributed by atoms with Gasteiger partial charge in [0.2, 0.25) is 0 Å². The molecule has 0 bridgehead atoms. The van der Waals surface area contributed by atoms with Crippen molar-refractivity contribution in [3.8, 4) is 0 Å². The molecule has 0 spiro atoms. The number of carbonyl (C=O) groups is 1. The maximum Gasteiger partial charge on any atom is 0.271 e. The zero-order valence-corrected chi connectivity index (χ0v) is 13.5. The van der Waals surface area contributed by atoms with E-state index in [1.807, 2.05) is 0 Å². The number of nitrogens with zero attached hydrogens (tertiary/aromatic N) is 3. The van der Waals surface area contributed by atoms with Crippen molar-refractivity contribution < 1.29 is 4.79 Å². The van der Waals surface area contributed by atoms with Crippen LogP contribution in [0.4, 0.5) is 17.3 Å². The number of carbonyl (C=O) groups excluding carboxylic acids is 1. The summed E-state index contributed by atoms with van der Waals surface area (Å²) in [5.74, 6) is 0.890. The molecule has 0 atom stereocenters. The van der Waals surface area contributed by atoms with Crippen LogP contribution in [0.3, 0.4) is 0 Å². The fourth-order valence-electron chi connectivity index (χ4n) is 2.51. The standard InChI is InChI=1S/C16H17N7O2/c1-17-13-7-12(21-11-3-2-6-18-16(11)25)22-14-10(8-19-23(13)14)15(24)20-9-4-5-9/h2-3,6-9,17H,4-5H2,1H3,(H,18,25)(H,20,24)(H,21,22). The van der Waals surface area contributed by atoms with Gasteiger partial charge in [0.1, 0.15) is 22.9 Å². The van der Waals surface area contributed by atoms with Gasteiger partial charge in [0.25, 0.3) is 11.5 Å². The van der Waals surface area contributed by atoms with Crippen LogP contribution in [-0.2, 0) is 0 Å². The number of fused-ring (bicyclic) bond motifs is 1. The molecule has 128 valence electrons. The number of rotatable bonds is 5. The van der Waals surface area contributed by atoms with Crippen LogP contribution in [0, 0.1) is 0 Å². The molecule has 0 aliphatic heterocycles. The van der Waals surface area contributed by atoms with Crippen LogP contribution in [0.1, 0.15) is 23.2 Å². The van der Waals surface area contributed by atoms with Crippen LogP contribution in [-0.4, -0.2) is 38.6 Å². The van der Waals surface area contributed by atoms with Crippen molar-refractivity contribution in [2.45, 2.75) is 18.9 Å². The zero-order valence-electron chi connectivity index (χ0n) is 13.5. The Morgan fingerprint density at radius 2 is 2.24 bits per heavy atom. The first-order valence-electron chi connectivity index (χ1n) is 7.98. The van der Waals surface area contributed by atoms with Gasteiger partial charge in [-0.25, -0.2) is 4.98 Å². The average molecular weight is 339 g/mol. The number of anilines is 3. The van der Waals surface area contributed by atoms with E-state index < -0.39 is 0 Å². The molecule has 1 saturated carbocycles. The first-order valence-corrected chi connectivity index (χ1v) is 7.98. The molecule has 0 aromatic carbocycles. The zero-order chi connectivity index (χ0) is 17.4. The van der Waals surface area contributed by atoms with E-state index in [4.69, 9.17) is 0 Å². The Bertz CT molecular complexity index is 1000. The highest BCUT2D eigenvalue weighted by Gasteiger charge is 2.26. The van der Waals surface area contributed by atoms with Gasteiger partial charge in [0.05, 0.1) is 6.20 Å². The van der Waals surface area contributed by atoms with E-state index >= 15 is 0 Å². The third kappa shape index (κ3) is 2.91. The Morgan fingerprint density at radius 3 is 2.96 bits per heavy atom. The average Bonchev–Trinajstić information content (AvgIpc) is 3.32. The molecule has 9 nitrogen and oxygen atoms in total. The monoisotopic (exact) mass is 339 g/mol. The van der Waals surface area contributed by atoms with Gasteiger partial charge in [-0.2, -0.15) is 9.61 Å². The maximum absolute atomic E-state index is 12.4. The molecule has 1 amide bonds. The van der Waals surface area contributed by atoms with Gasteiger partial charge in [0, 0.05) is 25.4 Å². The van der Waals surface area contributed by atoms with E-state index in [9.17, 15) is 9.59 Å². The topological polar surface area (TPSA) is 116 Å². The van der Waals surface area contributed by atoms with Crippen LogP contribution in [0.15, 0.2) is 35.4 Å². The Balaban J connectivity index is 1.76. The van der Waals surface area contributed by atoms with Crippen molar-refractivity contribution in [1.82, 2.24) is 24.9 Å². The summed E-state index contributed by atoms with van der Waals surface area (Å²) in [6.07, 6.45) is 5.06. The van der Waals surface area contributed by atoms with Crippen molar-refractivity contribution in [1.29, 1.82) is 0 Å². The molecular formula is C16H17N7O2. The molecule has 0 radical (unpaired) electrons. The molecule has 1 aliphatic carbocycles. The first-order chi connectivity index (χ1) is 12.2. The lowest BCUT2D eigenvalue weighted by atomic mass is 10.3. The second-order valence-electron chi connectivity index (χ2n) is 5.86. The summed E-state index contributed by atoms with van der Waals surface area (Å²) in [6, 6.07) is 5.33. The van der Waals surface area contributed by atoms with E-state index in [2.05, 4.69) is 31.0 Å². The number of nitrogens with one attached hydrogen (secondary N) is 4. The van der Waals surface area contributed by atoms with Crippen LogP contribution in [0.25, 0.3) is 5.65 Å². The van der Waals surface area contributed by atoms with E-state index in [-0.39, 0.29) is 17.5 Å². The molecule has 3 heterocycles. The fourth-order valence-corrected chi connectivity index (χ4v) is 2.51. The number of aromatic amines is 1. The fraction of sp³-hybridized carbons (Fsp3) is 0.250. The molecule has 1 aliphatic rings. The summed E-state index contributed by atoms with van der Waals surface area (Å²) < 4.78 is 1.56. The molecule has 0 unspecified atom stereocenters. The minimum atomic E-state index is -0.254. The lowest BCUT2D eigenvalue weighted by molar-refractivity contribution is 0.0952. The number of aromatic nitrogens is 4. The summed E-state index contributed by atoms with van der Waals surface area (Å²) in [7, 11) is 1.75. The van der Waals surface area contributed by atoms with Gasteiger partial charge in [-0.05, 0) is 25.0 Å². The van der Waals surface area contributed by atoms with Crippen LogP contribution >= 0.6 is 0 Å². The van der Waals surface area contributed by atoms with Gasteiger partial charge in [-0.15, -0.1) is 0 Å². The molecule has 9 heteroatoms. The highest BCUT2D eigenvalue weighted by atomic mass is 16.2. The number of pyridine rings is 1. The second kappa shape index (κ2) is 5.93. The normalized spacial score (nSPS) is 13.6. The minimum absolute atomic E-state index is 0.193. The van der Waals surface area contributed by atoms with E-state index in [0.717, 1.165) is 12.8 Å². The third-order valence-corrected chi connectivity index (χ3v) is 3.97. The van der Waals surface area contributed by atoms with Crippen LogP contribution in [0.2, 0.25) is 0 Å². The molecular weight excluding hydrogens is 322 g/mol. The quantitative estimate of drug-likeness (QED) is 0.553. The highest BCUT2D eigenvalue weighted by Crippen LogP contribution is 2.23. The second-order valence-corrected chi connectivity index (χ2v) is 5.86. The predicted octanol–water partition coefficient (Wildman–Crippen LogP) is 1.10. The summed E-state index contributed by atoms with van der Waals surface area (Å²) in [5.41, 5.74) is 0.925. The van der Waals surface area contributed by atoms with Crippen LogP contribution in [0.5, 0.6) is 0 Å². The molecule has 4 N–H and O–H groups in total. The van der Waals surface area contributed by atoms with Crippen molar-refractivity contribution >= 4 is 28.9 Å². The number of hydrogen-bond acceptors (Lipinski definition) is 6. The Morgan fingerprint density at radius 1 is 1.40 bits per heavy atom. The molecule has 0 saturated heterocycles. The number of hydrogen-bond donors (Lipinski definition) is 4. The maximum atomic E-state index is 12.4. The first kappa shape index (κ1) is 15.2. The number of amides is 1. The Kier molecular flexibility index (Phi) is 3.60. The van der Waals surface area contributed by atoms with E-state index in [1.165, 1.54) is 6.20 Å². The van der Waals surface area contributed by atoms with Gasteiger partial charge in [-0.3, -0.25) is 9.59 Å². The third-order valence-electron chi connectivity index (χ3n) is 3.97. The molecule has 3 aromatic heterocycles. The summed E-state index contributed by atoms with van der Waals surface area (Å²) in [6.45, 7) is 0. The molecule has 1 fully saturated rings. The van der Waals surface area contributed by atoms with E-state index in [0.29, 0.717) is 28.5 Å². The van der Waals surface area contributed by atoms with Crippen molar-refractivity contribution in [3.63, 3.8) is 0 Å². The van der Waals surface area contributed by atoms with Crippen molar-refractivity contribution in [3.05, 3.63) is 46.5 Å². The minimum Gasteiger partial charge on any atom is -0.373 e. The Hall–Kier alpha value is -3.36. The highest BCUT2D eigenvalue weighted by molar-refractivity contribution is 6.00.